The van der Waals surface area contributed by atoms with E-state index < -0.39 is 11.9 Å². The van der Waals surface area contributed by atoms with Gasteiger partial charge in [-0.2, -0.15) is 0 Å². The molecule has 0 saturated heterocycles. The first-order valence-corrected chi connectivity index (χ1v) is 6.88. The molecule has 0 saturated carbocycles. The van der Waals surface area contributed by atoms with E-state index in [0.29, 0.717) is 29.2 Å². The normalized spacial score (nSPS) is 10.2. The van der Waals surface area contributed by atoms with Crippen LogP contribution in [0, 0.1) is 0 Å². The lowest BCUT2D eigenvalue weighted by Gasteiger charge is -2.11. The number of carboxylic acid groups (broad SMARTS) is 2. The fourth-order valence-corrected chi connectivity index (χ4v) is 2.15. The Morgan fingerprint density at radius 3 is 1.78 bits per heavy atom. The Labute approximate surface area is 132 Å². The lowest BCUT2D eigenvalue weighted by atomic mass is 10.00. The highest BCUT2D eigenvalue weighted by molar-refractivity contribution is 5.92. The van der Waals surface area contributed by atoms with E-state index in [-0.39, 0.29) is 11.1 Å². The lowest BCUT2D eigenvalue weighted by Crippen LogP contribution is -2.01. The minimum atomic E-state index is -1.09. The second kappa shape index (κ2) is 6.83. The zero-order chi connectivity index (χ0) is 17.0. The molecule has 0 aliphatic heterocycles. The molecule has 0 aliphatic carbocycles. The van der Waals surface area contributed by atoms with E-state index in [1.54, 1.807) is 19.1 Å². The molecule has 2 N–H and O–H groups in total. The van der Waals surface area contributed by atoms with E-state index in [1.807, 2.05) is 0 Å². The number of hydrogen-bond donors (Lipinski definition) is 2. The molecule has 0 unspecified atom stereocenters. The molecule has 6 heteroatoms. The number of benzene rings is 2. The summed E-state index contributed by atoms with van der Waals surface area (Å²) in [6.45, 7) is 2.18. The molecule has 0 aliphatic rings. The van der Waals surface area contributed by atoms with Crippen molar-refractivity contribution in [1.82, 2.24) is 0 Å². The van der Waals surface area contributed by atoms with E-state index in [2.05, 4.69) is 0 Å². The van der Waals surface area contributed by atoms with Gasteiger partial charge in [-0.3, -0.25) is 0 Å². The zero-order valence-corrected chi connectivity index (χ0v) is 12.7. The summed E-state index contributed by atoms with van der Waals surface area (Å²) in [7, 11) is 1.43. The average Bonchev–Trinajstić information content (AvgIpc) is 2.54. The summed E-state index contributed by atoms with van der Waals surface area (Å²) < 4.78 is 10.5. The summed E-state index contributed by atoms with van der Waals surface area (Å²) in [5, 5.41) is 18.4. The molecule has 2 rings (SSSR count). The van der Waals surface area contributed by atoms with Crippen LogP contribution in [0.1, 0.15) is 27.6 Å². The smallest absolute Gasteiger partial charge is 0.335 e. The first-order valence-electron chi connectivity index (χ1n) is 6.88. The van der Waals surface area contributed by atoms with Gasteiger partial charge in [0.2, 0.25) is 0 Å². The van der Waals surface area contributed by atoms with Crippen molar-refractivity contribution in [2.45, 2.75) is 6.92 Å². The van der Waals surface area contributed by atoms with Gasteiger partial charge in [-0.15, -0.1) is 0 Å². The van der Waals surface area contributed by atoms with Gasteiger partial charge >= 0.3 is 11.9 Å². The third kappa shape index (κ3) is 3.79. The van der Waals surface area contributed by atoms with Gasteiger partial charge in [-0.25, -0.2) is 9.59 Å². The van der Waals surface area contributed by atoms with E-state index in [0.717, 1.165) is 0 Å². The van der Waals surface area contributed by atoms with Gasteiger partial charge in [0.15, 0.2) is 0 Å². The molecule has 6 nitrogen and oxygen atoms in total. The number of carbonyl (C=O) groups is 2. The summed E-state index contributed by atoms with van der Waals surface area (Å²) >= 11 is 0. The number of hydrogen-bond acceptors (Lipinski definition) is 4. The van der Waals surface area contributed by atoms with Gasteiger partial charge in [0.1, 0.15) is 11.5 Å². The predicted octanol–water partition coefficient (Wildman–Crippen LogP) is 3.16. The number of methoxy groups -OCH3 is 1. The fourth-order valence-electron chi connectivity index (χ4n) is 2.15. The lowest BCUT2D eigenvalue weighted by molar-refractivity contribution is 0.0685. The molecule has 120 valence electrons. The number of carboxylic acids is 2. The van der Waals surface area contributed by atoms with Crippen molar-refractivity contribution >= 4 is 11.9 Å². The van der Waals surface area contributed by atoms with Crippen LogP contribution in [0.25, 0.3) is 11.1 Å². The first kappa shape index (κ1) is 16.4. The summed E-state index contributed by atoms with van der Waals surface area (Å²) in [4.78, 5) is 22.5. The van der Waals surface area contributed by atoms with Crippen LogP contribution < -0.4 is 9.47 Å². The molecule has 0 fully saturated rings. The van der Waals surface area contributed by atoms with Gasteiger partial charge in [-0.1, -0.05) is 0 Å². The molecular formula is C17H16O6. The van der Waals surface area contributed by atoms with E-state index in [4.69, 9.17) is 9.47 Å². The molecule has 0 spiro atoms. The Kier molecular flexibility index (Phi) is 4.85. The van der Waals surface area contributed by atoms with Gasteiger partial charge in [0, 0.05) is 0 Å². The topological polar surface area (TPSA) is 93.1 Å². The second-order valence-corrected chi connectivity index (χ2v) is 4.74. The van der Waals surface area contributed by atoms with Crippen molar-refractivity contribution in [3.8, 4) is 22.6 Å². The van der Waals surface area contributed by atoms with Gasteiger partial charge in [-0.05, 0) is 54.4 Å². The Hall–Kier alpha value is -3.02. The van der Waals surface area contributed by atoms with Crippen LogP contribution in [0.5, 0.6) is 11.5 Å². The Morgan fingerprint density at radius 2 is 1.35 bits per heavy atom. The molecule has 0 heterocycles. The molecule has 0 aromatic heterocycles. The summed E-state index contributed by atoms with van der Waals surface area (Å²) in [6, 6.07) is 9.05. The molecule has 2 aromatic carbocycles. The van der Waals surface area contributed by atoms with Gasteiger partial charge in [0.05, 0.1) is 24.8 Å². The van der Waals surface area contributed by atoms with Crippen LogP contribution in [-0.4, -0.2) is 35.9 Å². The molecule has 0 bridgehead atoms. The van der Waals surface area contributed by atoms with E-state index in [9.17, 15) is 19.8 Å². The van der Waals surface area contributed by atoms with Crippen LogP contribution in [0.3, 0.4) is 0 Å². The molecule has 0 radical (unpaired) electrons. The average molecular weight is 316 g/mol. The van der Waals surface area contributed by atoms with Crippen molar-refractivity contribution < 1.29 is 29.3 Å². The maximum Gasteiger partial charge on any atom is 0.335 e. The summed E-state index contributed by atoms with van der Waals surface area (Å²) in [5.74, 6) is -1.40. The molecule has 23 heavy (non-hydrogen) atoms. The molecule has 0 atom stereocenters. The molecule has 2 aromatic rings. The highest BCUT2D eigenvalue weighted by Gasteiger charge is 2.13. The standard InChI is InChI=1S/C17H16O6/c1-3-23-15-7-11(5-13(9-15)17(20)21)10-4-12(16(18)19)8-14(6-10)22-2/h4-9H,3H2,1-2H3,(H,18,19)(H,20,21). The van der Waals surface area contributed by atoms with Gasteiger partial charge in [0.25, 0.3) is 0 Å². The Bertz CT molecular complexity index is 751. The van der Waals surface area contributed by atoms with Crippen molar-refractivity contribution in [3.63, 3.8) is 0 Å². The maximum absolute atomic E-state index is 11.3. The zero-order valence-electron chi connectivity index (χ0n) is 12.7. The van der Waals surface area contributed by atoms with Crippen LogP contribution in [0.15, 0.2) is 36.4 Å². The number of aromatic carboxylic acids is 2. The van der Waals surface area contributed by atoms with Gasteiger partial charge < -0.3 is 19.7 Å². The Morgan fingerprint density at radius 1 is 0.870 bits per heavy atom. The van der Waals surface area contributed by atoms with Crippen LogP contribution in [0.4, 0.5) is 0 Å². The van der Waals surface area contributed by atoms with Crippen molar-refractivity contribution in [2.24, 2.45) is 0 Å². The SMILES string of the molecule is CCOc1cc(C(=O)O)cc(-c2cc(OC)cc(C(=O)O)c2)c1. The van der Waals surface area contributed by atoms with E-state index >= 15 is 0 Å². The molecular weight excluding hydrogens is 300 g/mol. The van der Waals surface area contributed by atoms with E-state index in [1.165, 1.54) is 31.4 Å². The minimum absolute atomic E-state index is 0.0537. The fraction of sp³-hybridized carbons (Fsp3) is 0.176. The van der Waals surface area contributed by atoms with Crippen molar-refractivity contribution in [3.05, 3.63) is 47.5 Å². The second-order valence-electron chi connectivity index (χ2n) is 4.74. The molecule has 0 amide bonds. The quantitative estimate of drug-likeness (QED) is 0.850. The van der Waals surface area contributed by atoms with Crippen LogP contribution in [-0.2, 0) is 0 Å². The third-order valence-electron chi connectivity index (χ3n) is 3.19. The summed E-state index contributed by atoms with van der Waals surface area (Å²) in [6.07, 6.45) is 0. The first-order chi connectivity index (χ1) is 10.9. The summed E-state index contributed by atoms with van der Waals surface area (Å²) in [5.41, 5.74) is 1.18. The predicted molar refractivity (Wildman–Crippen MR) is 83.5 cm³/mol. The minimum Gasteiger partial charge on any atom is -0.497 e. The Balaban J connectivity index is 2.62. The van der Waals surface area contributed by atoms with Crippen LogP contribution >= 0.6 is 0 Å². The highest BCUT2D eigenvalue weighted by Crippen LogP contribution is 2.30. The maximum atomic E-state index is 11.3. The highest BCUT2D eigenvalue weighted by atomic mass is 16.5. The number of rotatable bonds is 6. The monoisotopic (exact) mass is 316 g/mol. The van der Waals surface area contributed by atoms with Crippen molar-refractivity contribution in [1.29, 1.82) is 0 Å². The largest absolute Gasteiger partial charge is 0.497 e. The third-order valence-corrected chi connectivity index (χ3v) is 3.19. The number of ether oxygens (including phenoxy) is 2. The van der Waals surface area contributed by atoms with Crippen molar-refractivity contribution in [2.75, 3.05) is 13.7 Å². The van der Waals surface area contributed by atoms with Crippen LogP contribution in [0.2, 0.25) is 0 Å².